The molecule has 1 aliphatic rings. The van der Waals surface area contributed by atoms with Gasteiger partial charge >= 0.3 is 0 Å². The molecule has 1 unspecified atom stereocenters. The van der Waals surface area contributed by atoms with Crippen molar-refractivity contribution in [1.82, 2.24) is 5.32 Å². The smallest absolute Gasteiger partial charge is 0.0334 e. The zero-order valence-electron chi connectivity index (χ0n) is 12.3. The molecule has 1 aromatic rings. The first-order valence-electron chi connectivity index (χ1n) is 7.89. The maximum atomic E-state index is 3.72. The van der Waals surface area contributed by atoms with E-state index in [0.717, 1.165) is 12.5 Å². The molecule has 1 atom stereocenters. The van der Waals surface area contributed by atoms with Crippen molar-refractivity contribution in [3.63, 3.8) is 0 Å². The molecular weight excluding hydrogens is 378 g/mol. The Kier molecular flexibility index (Phi) is 7.06. The van der Waals surface area contributed by atoms with Gasteiger partial charge in [0, 0.05) is 15.0 Å². The standard InChI is InChI=1S/C17H25Br2N/c1-2-20-17(11-13-7-5-3-4-6-8-13)15-12-14(18)9-10-16(15)19/h9-10,12-13,17,20H,2-8,11H2,1H3. The van der Waals surface area contributed by atoms with Crippen molar-refractivity contribution >= 4 is 31.9 Å². The first-order valence-corrected chi connectivity index (χ1v) is 9.47. The maximum absolute atomic E-state index is 3.72. The van der Waals surface area contributed by atoms with Crippen LogP contribution in [0.4, 0.5) is 0 Å². The predicted octanol–water partition coefficient (Wildman–Crippen LogP) is 6.22. The lowest BCUT2D eigenvalue weighted by molar-refractivity contribution is 0.359. The third-order valence-electron chi connectivity index (χ3n) is 4.33. The summed E-state index contributed by atoms with van der Waals surface area (Å²) in [6.45, 7) is 3.22. The Hall–Kier alpha value is 0.140. The van der Waals surface area contributed by atoms with Crippen LogP contribution in [0.3, 0.4) is 0 Å². The first-order chi connectivity index (χ1) is 9.70. The summed E-state index contributed by atoms with van der Waals surface area (Å²) >= 11 is 7.33. The van der Waals surface area contributed by atoms with Crippen molar-refractivity contribution in [2.24, 2.45) is 5.92 Å². The van der Waals surface area contributed by atoms with E-state index in [1.807, 2.05) is 0 Å². The highest BCUT2D eigenvalue weighted by Crippen LogP contribution is 2.34. The van der Waals surface area contributed by atoms with Gasteiger partial charge in [0.05, 0.1) is 0 Å². The summed E-state index contributed by atoms with van der Waals surface area (Å²) in [6.07, 6.45) is 9.79. The first kappa shape index (κ1) is 16.5. The maximum Gasteiger partial charge on any atom is 0.0334 e. The Morgan fingerprint density at radius 3 is 2.50 bits per heavy atom. The quantitative estimate of drug-likeness (QED) is 0.576. The summed E-state index contributed by atoms with van der Waals surface area (Å²) < 4.78 is 2.39. The van der Waals surface area contributed by atoms with Crippen LogP contribution >= 0.6 is 31.9 Å². The normalized spacial score (nSPS) is 18.8. The van der Waals surface area contributed by atoms with Crippen LogP contribution < -0.4 is 5.32 Å². The molecule has 1 fully saturated rings. The van der Waals surface area contributed by atoms with Gasteiger partial charge in [-0.05, 0) is 42.6 Å². The second kappa shape index (κ2) is 8.55. The van der Waals surface area contributed by atoms with Gasteiger partial charge in [-0.2, -0.15) is 0 Å². The van der Waals surface area contributed by atoms with Crippen LogP contribution in [0.5, 0.6) is 0 Å². The van der Waals surface area contributed by atoms with Crippen LogP contribution in [-0.2, 0) is 0 Å². The zero-order chi connectivity index (χ0) is 14.4. The predicted molar refractivity (Wildman–Crippen MR) is 94.1 cm³/mol. The largest absolute Gasteiger partial charge is 0.310 e. The highest BCUT2D eigenvalue weighted by Gasteiger charge is 2.20. The minimum atomic E-state index is 0.468. The average molecular weight is 403 g/mol. The number of nitrogens with one attached hydrogen (secondary N) is 1. The van der Waals surface area contributed by atoms with Gasteiger partial charge in [0.1, 0.15) is 0 Å². The van der Waals surface area contributed by atoms with Crippen molar-refractivity contribution in [3.8, 4) is 0 Å². The van der Waals surface area contributed by atoms with Gasteiger partial charge in [0.25, 0.3) is 0 Å². The van der Waals surface area contributed by atoms with E-state index in [4.69, 9.17) is 0 Å². The number of hydrogen-bond acceptors (Lipinski definition) is 1. The molecule has 112 valence electrons. The fourth-order valence-corrected chi connectivity index (χ4v) is 4.18. The van der Waals surface area contributed by atoms with Crippen molar-refractivity contribution < 1.29 is 0 Å². The van der Waals surface area contributed by atoms with Crippen LogP contribution in [0.25, 0.3) is 0 Å². The zero-order valence-corrected chi connectivity index (χ0v) is 15.5. The molecule has 0 aromatic heterocycles. The van der Waals surface area contributed by atoms with Gasteiger partial charge in [-0.15, -0.1) is 0 Å². The van der Waals surface area contributed by atoms with Gasteiger partial charge in [-0.25, -0.2) is 0 Å². The second-order valence-electron chi connectivity index (χ2n) is 5.87. The van der Waals surface area contributed by atoms with Gasteiger partial charge in [-0.1, -0.05) is 77.3 Å². The lowest BCUT2D eigenvalue weighted by Gasteiger charge is -2.25. The Morgan fingerprint density at radius 2 is 1.85 bits per heavy atom. The Bertz CT molecular complexity index is 411. The fourth-order valence-electron chi connectivity index (χ4n) is 3.28. The van der Waals surface area contributed by atoms with Crippen molar-refractivity contribution in [2.45, 2.75) is 57.9 Å². The molecule has 0 bridgehead atoms. The molecule has 1 saturated carbocycles. The molecule has 1 N–H and O–H groups in total. The minimum absolute atomic E-state index is 0.468. The molecule has 0 heterocycles. The van der Waals surface area contributed by atoms with Gasteiger partial charge < -0.3 is 5.32 Å². The number of benzene rings is 1. The molecule has 3 heteroatoms. The molecule has 1 aromatic carbocycles. The molecule has 0 aliphatic heterocycles. The SMILES string of the molecule is CCNC(CC1CCCCCC1)c1cc(Br)ccc1Br. The van der Waals surface area contributed by atoms with E-state index >= 15 is 0 Å². The molecule has 0 radical (unpaired) electrons. The number of rotatable bonds is 5. The lowest BCUT2D eigenvalue weighted by atomic mass is 9.89. The van der Waals surface area contributed by atoms with Gasteiger partial charge in [-0.3, -0.25) is 0 Å². The molecule has 1 aliphatic carbocycles. The molecule has 0 amide bonds. The van der Waals surface area contributed by atoms with Crippen molar-refractivity contribution in [2.75, 3.05) is 6.54 Å². The van der Waals surface area contributed by atoms with Crippen LogP contribution in [0.1, 0.15) is 63.5 Å². The summed E-state index contributed by atoms with van der Waals surface area (Å²) in [5.41, 5.74) is 1.39. The summed E-state index contributed by atoms with van der Waals surface area (Å²) in [5, 5.41) is 3.68. The summed E-state index contributed by atoms with van der Waals surface area (Å²) in [6, 6.07) is 6.97. The molecule has 20 heavy (non-hydrogen) atoms. The van der Waals surface area contributed by atoms with Crippen LogP contribution in [0.2, 0.25) is 0 Å². The minimum Gasteiger partial charge on any atom is -0.310 e. The van der Waals surface area contributed by atoms with Crippen molar-refractivity contribution in [3.05, 3.63) is 32.7 Å². The van der Waals surface area contributed by atoms with Gasteiger partial charge in [0.2, 0.25) is 0 Å². The molecule has 0 saturated heterocycles. The third-order valence-corrected chi connectivity index (χ3v) is 5.54. The van der Waals surface area contributed by atoms with E-state index in [9.17, 15) is 0 Å². The summed E-state index contributed by atoms with van der Waals surface area (Å²) in [4.78, 5) is 0. The van der Waals surface area contributed by atoms with E-state index in [0.29, 0.717) is 6.04 Å². The number of halogens is 2. The van der Waals surface area contributed by atoms with Crippen molar-refractivity contribution in [1.29, 1.82) is 0 Å². The molecule has 2 rings (SSSR count). The Labute approximate surface area is 140 Å². The molecular formula is C17H25Br2N. The fraction of sp³-hybridized carbons (Fsp3) is 0.647. The van der Waals surface area contributed by atoms with E-state index < -0.39 is 0 Å². The highest BCUT2D eigenvalue weighted by molar-refractivity contribution is 9.11. The van der Waals surface area contributed by atoms with Gasteiger partial charge in [0.15, 0.2) is 0 Å². The van der Waals surface area contributed by atoms with Crippen LogP contribution in [0.15, 0.2) is 27.1 Å². The third kappa shape index (κ3) is 4.85. The average Bonchev–Trinajstić information content (AvgIpc) is 2.70. The number of hydrogen-bond donors (Lipinski definition) is 1. The summed E-state index contributed by atoms with van der Waals surface area (Å²) in [7, 11) is 0. The van der Waals surface area contributed by atoms with E-state index in [1.54, 1.807) is 0 Å². The van der Waals surface area contributed by atoms with E-state index in [2.05, 4.69) is 62.3 Å². The monoisotopic (exact) mass is 401 g/mol. The lowest BCUT2D eigenvalue weighted by Crippen LogP contribution is -2.24. The van der Waals surface area contributed by atoms with Crippen LogP contribution in [-0.4, -0.2) is 6.54 Å². The van der Waals surface area contributed by atoms with E-state index in [1.165, 1.54) is 59.5 Å². The van der Waals surface area contributed by atoms with Crippen LogP contribution in [0, 0.1) is 5.92 Å². The summed E-state index contributed by atoms with van der Waals surface area (Å²) in [5.74, 6) is 0.882. The second-order valence-corrected chi connectivity index (χ2v) is 7.64. The molecule has 0 spiro atoms. The molecule has 1 nitrogen and oxygen atoms in total. The topological polar surface area (TPSA) is 12.0 Å². The highest BCUT2D eigenvalue weighted by atomic mass is 79.9. The Morgan fingerprint density at radius 1 is 1.15 bits per heavy atom. The Balaban J connectivity index is 2.10. The van der Waals surface area contributed by atoms with E-state index in [-0.39, 0.29) is 0 Å².